The molecule has 3 rings (SSSR count). The molecule has 3 aromatic rings. The quantitative estimate of drug-likeness (QED) is 0.302. The Kier molecular flexibility index (Phi) is 7.69. The van der Waals surface area contributed by atoms with Gasteiger partial charge in [-0.15, -0.1) is 0 Å². The Bertz CT molecular complexity index is 1080. The van der Waals surface area contributed by atoms with E-state index in [1.807, 2.05) is 24.4 Å². The molecule has 0 aliphatic rings. The van der Waals surface area contributed by atoms with Gasteiger partial charge in [-0.1, -0.05) is 29.8 Å². The number of aromatic amines is 1. The zero-order valence-corrected chi connectivity index (χ0v) is 20.0. The van der Waals surface area contributed by atoms with Gasteiger partial charge >= 0.3 is 6.09 Å². The second kappa shape index (κ2) is 10.3. The maximum Gasteiger partial charge on any atom is 0.407 e. The maximum atomic E-state index is 11.9. The number of amides is 1. The van der Waals surface area contributed by atoms with E-state index < -0.39 is 11.7 Å². The summed E-state index contributed by atoms with van der Waals surface area (Å²) < 4.78 is 11.1. The highest BCUT2D eigenvalue weighted by molar-refractivity contribution is 6.33. The van der Waals surface area contributed by atoms with Gasteiger partial charge in [0.1, 0.15) is 12.2 Å². The normalized spacial score (nSPS) is 12.4. The number of ether oxygens (including phenoxy) is 2. The van der Waals surface area contributed by atoms with E-state index >= 15 is 0 Å². The molecule has 0 spiro atoms. The molecule has 0 saturated heterocycles. The van der Waals surface area contributed by atoms with E-state index in [1.54, 1.807) is 27.7 Å². The molecule has 10 heteroatoms. The minimum Gasteiger partial charge on any atom is -0.485 e. The lowest BCUT2D eigenvalue weighted by Gasteiger charge is -2.22. The SMILES string of the molecule is CC(COc1c(Cl)nc(Cl)nc1NCCc1c[nH]c2ccccc12)NC(=O)OC(C)(C)C. The van der Waals surface area contributed by atoms with Gasteiger partial charge in [-0.3, -0.25) is 0 Å². The number of benzene rings is 1. The van der Waals surface area contributed by atoms with Crippen LogP contribution in [-0.2, 0) is 11.2 Å². The average molecular weight is 480 g/mol. The Morgan fingerprint density at radius 3 is 2.72 bits per heavy atom. The lowest BCUT2D eigenvalue weighted by molar-refractivity contribution is 0.0494. The van der Waals surface area contributed by atoms with Gasteiger partial charge in [0.05, 0.1) is 6.04 Å². The molecule has 32 heavy (non-hydrogen) atoms. The third kappa shape index (κ3) is 6.64. The number of rotatable bonds is 8. The highest BCUT2D eigenvalue weighted by Gasteiger charge is 2.19. The van der Waals surface area contributed by atoms with Crippen LogP contribution in [0, 0.1) is 0 Å². The van der Waals surface area contributed by atoms with E-state index in [0.717, 1.165) is 11.9 Å². The molecule has 8 nitrogen and oxygen atoms in total. The number of alkyl carbamates (subject to hydrolysis) is 1. The number of halogens is 2. The van der Waals surface area contributed by atoms with Crippen molar-refractivity contribution in [1.29, 1.82) is 0 Å². The number of carbonyl (C=O) groups excluding carboxylic acids is 1. The molecule has 172 valence electrons. The van der Waals surface area contributed by atoms with Crippen LogP contribution in [0.25, 0.3) is 10.9 Å². The second-order valence-corrected chi connectivity index (χ2v) is 9.05. The number of hydrogen-bond acceptors (Lipinski definition) is 6. The first-order chi connectivity index (χ1) is 15.1. The third-order valence-electron chi connectivity index (χ3n) is 4.40. The number of hydrogen-bond donors (Lipinski definition) is 3. The minimum atomic E-state index is -0.583. The van der Waals surface area contributed by atoms with Crippen molar-refractivity contribution >= 4 is 46.0 Å². The number of nitrogens with zero attached hydrogens (tertiary/aromatic N) is 2. The number of fused-ring (bicyclic) bond motifs is 1. The Labute approximate surface area is 197 Å². The van der Waals surface area contributed by atoms with Crippen LogP contribution < -0.4 is 15.4 Å². The molecule has 3 N–H and O–H groups in total. The van der Waals surface area contributed by atoms with Gasteiger partial charge < -0.3 is 25.1 Å². The van der Waals surface area contributed by atoms with E-state index in [4.69, 9.17) is 32.7 Å². The van der Waals surface area contributed by atoms with E-state index in [2.05, 4.69) is 31.7 Å². The van der Waals surface area contributed by atoms with Crippen LogP contribution in [0.2, 0.25) is 10.4 Å². The third-order valence-corrected chi connectivity index (χ3v) is 4.82. The monoisotopic (exact) mass is 479 g/mol. The number of para-hydroxylation sites is 1. The van der Waals surface area contributed by atoms with Crippen LogP contribution in [0.15, 0.2) is 30.5 Å². The lowest BCUT2D eigenvalue weighted by Crippen LogP contribution is -2.40. The molecule has 0 bridgehead atoms. The molecule has 1 amide bonds. The van der Waals surface area contributed by atoms with Crippen molar-refractivity contribution in [1.82, 2.24) is 20.3 Å². The Morgan fingerprint density at radius 1 is 1.22 bits per heavy atom. The van der Waals surface area contributed by atoms with Crippen LogP contribution in [0.1, 0.15) is 33.3 Å². The average Bonchev–Trinajstić information content (AvgIpc) is 3.09. The van der Waals surface area contributed by atoms with Gasteiger partial charge in [-0.2, -0.15) is 4.98 Å². The zero-order valence-electron chi connectivity index (χ0n) is 18.5. The number of anilines is 1. The molecule has 0 radical (unpaired) electrons. The van der Waals surface area contributed by atoms with Crippen molar-refractivity contribution in [3.05, 3.63) is 46.5 Å². The standard InChI is InChI=1S/C22H27Cl2N5O3/c1-13(27-21(30)32-22(2,3)4)12-31-17-18(23)28-20(24)29-19(17)25-10-9-14-11-26-16-8-6-5-7-15(14)16/h5-8,11,13,26H,9-10,12H2,1-4H3,(H,27,30)(H,25,28,29). The molecule has 0 aliphatic heterocycles. The number of H-pyrrole nitrogens is 1. The van der Waals surface area contributed by atoms with Gasteiger partial charge in [0, 0.05) is 23.6 Å². The molecule has 2 aromatic heterocycles. The predicted molar refractivity (Wildman–Crippen MR) is 127 cm³/mol. The molecule has 2 heterocycles. The molecule has 1 aromatic carbocycles. The van der Waals surface area contributed by atoms with Gasteiger partial charge in [0.2, 0.25) is 5.28 Å². The summed E-state index contributed by atoms with van der Waals surface area (Å²) in [7, 11) is 0. The summed E-state index contributed by atoms with van der Waals surface area (Å²) in [5, 5.41) is 7.21. The van der Waals surface area contributed by atoms with Crippen LogP contribution in [0.4, 0.5) is 10.6 Å². The Balaban J connectivity index is 1.61. The summed E-state index contributed by atoms with van der Waals surface area (Å²) in [6.45, 7) is 7.90. The van der Waals surface area contributed by atoms with Crippen molar-refractivity contribution in [3.8, 4) is 5.75 Å². The molecule has 0 saturated carbocycles. The van der Waals surface area contributed by atoms with Crippen molar-refractivity contribution < 1.29 is 14.3 Å². The largest absolute Gasteiger partial charge is 0.485 e. The van der Waals surface area contributed by atoms with Crippen LogP contribution >= 0.6 is 23.2 Å². The summed E-state index contributed by atoms with van der Waals surface area (Å²) >= 11 is 12.2. The fourth-order valence-corrected chi connectivity index (χ4v) is 3.49. The molecule has 1 atom stereocenters. The summed E-state index contributed by atoms with van der Waals surface area (Å²) in [5.74, 6) is 0.659. The van der Waals surface area contributed by atoms with Crippen molar-refractivity contribution in [2.24, 2.45) is 0 Å². The van der Waals surface area contributed by atoms with Gasteiger partial charge in [-0.05, 0) is 57.3 Å². The van der Waals surface area contributed by atoms with Crippen molar-refractivity contribution in [3.63, 3.8) is 0 Å². The van der Waals surface area contributed by atoms with Crippen LogP contribution in [0.3, 0.4) is 0 Å². The topological polar surface area (TPSA) is 101 Å². The van der Waals surface area contributed by atoms with E-state index in [-0.39, 0.29) is 28.8 Å². The van der Waals surface area contributed by atoms with E-state index in [1.165, 1.54) is 10.9 Å². The second-order valence-electron chi connectivity index (χ2n) is 8.36. The molecular formula is C22H27Cl2N5O3. The number of carbonyl (C=O) groups is 1. The molecular weight excluding hydrogens is 453 g/mol. The van der Waals surface area contributed by atoms with Crippen LogP contribution in [0.5, 0.6) is 5.75 Å². The summed E-state index contributed by atoms with van der Waals surface area (Å²) in [6, 6.07) is 7.78. The van der Waals surface area contributed by atoms with Crippen molar-refractivity contribution in [2.45, 2.75) is 45.8 Å². The Morgan fingerprint density at radius 2 is 1.97 bits per heavy atom. The van der Waals surface area contributed by atoms with Crippen LogP contribution in [-0.4, -0.2) is 45.8 Å². The van der Waals surface area contributed by atoms with E-state index in [0.29, 0.717) is 12.4 Å². The fraction of sp³-hybridized carbons (Fsp3) is 0.409. The first-order valence-electron chi connectivity index (χ1n) is 10.3. The molecule has 0 aliphatic carbocycles. The minimum absolute atomic E-state index is 0.0110. The number of aromatic nitrogens is 3. The lowest BCUT2D eigenvalue weighted by atomic mass is 10.1. The van der Waals surface area contributed by atoms with Crippen molar-refractivity contribution in [2.75, 3.05) is 18.5 Å². The van der Waals surface area contributed by atoms with E-state index in [9.17, 15) is 4.79 Å². The number of nitrogens with one attached hydrogen (secondary N) is 3. The maximum absolute atomic E-state index is 11.9. The first-order valence-corrected chi connectivity index (χ1v) is 11.0. The highest BCUT2D eigenvalue weighted by atomic mass is 35.5. The smallest absolute Gasteiger partial charge is 0.407 e. The zero-order chi connectivity index (χ0) is 23.3. The summed E-state index contributed by atoms with van der Waals surface area (Å²) in [5.41, 5.74) is 1.68. The van der Waals surface area contributed by atoms with Gasteiger partial charge in [0.25, 0.3) is 0 Å². The van der Waals surface area contributed by atoms with Gasteiger partial charge in [0.15, 0.2) is 16.7 Å². The van der Waals surface area contributed by atoms with Gasteiger partial charge in [-0.25, -0.2) is 9.78 Å². The predicted octanol–water partition coefficient (Wildman–Crippen LogP) is 5.21. The molecule has 1 unspecified atom stereocenters. The Hall–Kier alpha value is -2.71. The molecule has 0 fully saturated rings. The fourth-order valence-electron chi connectivity index (χ4n) is 3.06. The summed E-state index contributed by atoms with van der Waals surface area (Å²) in [4.78, 5) is 23.4. The first kappa shape index (κ1) is 23.9. The summed E-state index contributed by atoms with van der Waals surface area (Å²) in [6.07, 6.45) is 2.22. The highest BCUT2D eigenvalue weighted by Crippen LogP contribution is 2.31.